The van der Waals surface area contributed by atoms with Gasteiger partial charge in [-0.05, 0) is 24.3 Å². The monoisotopic (exact) mass is 252 g/mol. The molecule has 4 nitrogen and oxygen atoms in total. The molecule has 0 aliphatic heterocycles. The van der Waals surface area contributed by atoms with Gasteiger partial charge in [0.15, 0.2) is 6.29 Å². The number of carbonyl (C=O) groups is 1. The molecule has 3 rings (SSSR count). The van der Waals surface area contributed by atoms with Crippen LogP contribution in [0.5, 0.6) is 5.88 Å². The molecule has 0 aliphatic rings. The van der Waals surface area contributed by atoms with Gasteiger partial charge in [0, 0.05) is 35.1 Å². The summed E-state index contributed by atoms with van der Waals surface area (Å²) in [5, 5.41) is 0. The predicted molar refractivity (Wildman–Crippen MR) is 72.6 cm³/mol. The molecule has 0 N–H and O–H groups in total. The summed E-state index contributed by atoms with van der Waals surface area (Å²) >= 11 is 0. The van der Waals surface area contributed by atoms with Crippen LogP contribution in [0, 0.1) is 0 Å². The number of nitrogens with zero attached hydrogens (tertiary/aromatic N) is 2. The first-order chi connectivity index (χ1) is 9.33. The summed E-state index contributed by atoms with van der Waals surface area (Å²) in [6.45, 7) is 0. The highest BCUT2D eigenvalue weighted by Gasteiger charge is 2.12. The summed E-state index contributed by atoms with van der Waals surface area (Å²) < 4.78 is 7.11. The Balaban J connectivity index is 2.30. The van der Waals surface area contributed by atoms with Gasteiger partial charge in [-0.1, -0.05) is 6.07 Å². The molecule has 0 fully saturated rings. The first-order valence-electron chi connectivity index (χ1n) is 5.89. The highest BCUT2D eigenvalue weighted by Crippen LogP contribution is 2.28. The van der Waals surface area contributed by atoms with E-state index in [0.29, 0.717) is 11.4 Å². The van der Waals surface area contributed by atoms with Crippen molar-refractivity contribution >= 4 is 11.8 Å². The van der Waals surface area contributed by atoms with Gasteiger partial charge in [-0.15, -0.1) is 0 Å². The average molecular weight is 252 g/mol. The van der Waals surface area contributed by atoms with Crippen molar-refractivity contribution in [2.45, 2.75) is 0 Å². The molecule has 0 unspecified atom stereocenters. The summed E-state index contributed by atoms with van der Waals surface area (Å²) in [6.07, 6.45) is 4.48. The van der Waals surface area contributed by atoms with E-state index >= 15 is 0 Å². The topological polar surface area (TPSA) is 43.6 Å². The zero-order valence-corrected chi connectivity index (χ0v) is 10.4. The zero-order chi connectivity index (χ0) is 13.2. The van der Waals surface area contributed by atoms with E-state index in [0.717, 1.165) is 23.1 Å². The zero-order valence-electron chi connectivity index (χ0n) is 10.4. The van der Waals surface area contributed by atoms with E-state index in [1.165, 1.54) is 0 Å². The van der Waals surface area contributed by atoms with Gasteiger partial charge in [0.2, 0.25) is 5.88 Å². The van der Waals surface area contributed by atoms with Crippen LogP contribution in [0.2, 0.25) is 0 Å². The standard InChI is InChI=1S/C15H12N2O2/c1-19-14-9-11(5-6-16-14)15-12(10-18)8-13-4-2-3-7-17(13)15/h2-10H,1H3. The number of fused-ring (bicyclic) bond motifs is 1. The fourth-order valence-corrected chi connectivity index (χ4v) is 2.21. The van der Waals surface area contributed by atoms with E-state index in [2.05, 4.69) is 4.98 Å². The fourth-order valence-electron chi connectivity index (χ4n) is 2.21. The van der Waals surface area contributed by atoms with Gasteiger partial charge in [0.05, 0.1) is 12.8 Å². The summed E-state index contributed by atoms with van der Waals surface area (Å²) in [6, 6.07) is 11.4. The van der Waals surface area contributed by atoms with Gasteiger partial charge in [0.1, 0.15) is 0 Å². The lowest BCUT2D eigenvalue weighted by molar-refractivity contribution is 0.112. The molecule has 0 saturated carbocycles. The minimum Gasteiger partial charge on any atom is -0.481 e. The van der Waals surface area contributed by atoms with E-state index in [-0.39, 0.29) is 0 Å². The van der Waals surface area contributed by atoms with Crippen molar-refractivity contribution in [2.24, 2.45) is 0 Å². The Kier molecular flexibility index (Phi) is 2.76. The third-order valence-electron chi connectivity index (χ3n) is 3.05. The number of pyridine rings is 2. The number of rotatable bonds is 3. The first-order valence-corrected chi connectivity index (χ1v) is 5.89. The molecule has 3 aromatic heterocycles. The second kappa shape index (κ2) is 4.57. The van der Waals surface area contributed by atoms with Crippen LogP contribution in [0.15, 0.2) is 48.8 Å². The smallest absolute Gasteiger partial charge is 0.213 e. The lowest BCUT2D eigenvalue weighted by Crippen LogP contribution is -1.92. The van der Waals surface area contributed by atoms with Gasteiger partial charge in [-0.25, -0.2) is 4.98 Å². The molecule has 0 bridgehead atoms. The van der Waals surface area contributed by atoms with E-state index in [9.17, 15) is 4.79 Å². The Bertz CT molecular complexity index is 747. The van der Waals surface area contributed by atoms with Crippen LogP contribution in [-0.2, 0) is 0 Å². The quantitative estimate of drug-likeness (QED) is 0.673. The highest BCUT2D eigenvalue weighted by molar-refractivity contribution is 5.90. The highest BCUT2D eigenvalue weighted by atomic mass is 16.5. The van der Waals surface area contributed by atoms with E-state index in [1.807, 2.05) is 47.0 Å². The van der Waals surface area contributed by atoms with Gasteiger partial charge >= 0.3 is 0 Å². The second-order valence-electron chi connectivity index (χ2n) is 4.15. The maximum Gasteiger partial charge on any atom is 0.213 e. The van der Waals surface area contributed by atoms with Crippen LogP contribution < -0.4 is 4.74 Å². The van der Waals surface area contributed by atoms with Crippen molar-refractivity contribution in [3.8, 4) is 17.1 Å². The Morgan fingerprint density at radius 3 is 2.95 bits per heavy atom. The predicted octanol–water partition coefficient (Wildman–Crippen LogP) is 2.82. The summed E-state index contributed by atoms with van der Waals surface area (Å²) in [4.78, 5) is 15.3. The minimum atomic E-state index is 0.528. The number of hydrogen-bond donors (Lipinski definition) is 0. The van der Waals surface area contributed by atoms with E-state index in [4.69, 9.17) is 4.74 Å². The van der Waals surface area contributed by atoms with Gasteiger partial charge < -0.3 is 9.14 Å². The molecule has 0 amide bonds. The molecule has 4 heteroatoms. The molecule has 0 atom stereocenters. The minimum absolute atomic E-state index is 0.528. The molecule has 3 heterocycles. The average Bonchev–Trinajstić information content (AvgIpc) is 2.85. The number of aldehydes is 1. The van der Waals surface area contributed by atoms with Gasteiger partial charge in [-0.2, -0.15) is 0 Å². The van der Waals surface area contributed by atoms with Crippen molar-refractivity contribution < 1.29 is 9.53 Å². The van der Waals surface area contributed by atoms with Crippen LogP contribution in [0.25, 0.3) is 16.8 Å². The lowest BCUT2D eigenvalue weighted by Gasteiger charge is -2.05. The Morgan fingerprint density at radius 1 is 1.26 bits per heavy atom. The molecule has 0 aromatic carbocycles. The second-order valence-corrected chi connectivity index (χ2v) is 4.15. The van der Waals surface area contributed by atoms with Crippen molar-refractivity contribution in [1.29, 1.82) is 0 Å². The lowest BCUT2D eigenvalue weighted by atomic mass is 10.1. The summed E-state index contributed by atoms with van der Waals surface area (Å²) in [7, 11) is 1.57. The maximum atomic E-state index is 11.3. The fraction of sp³-hybridized carbons (Fsp3) is 0.0667. The van der Waals surface area contributed by atoms with Crippen molar-refractivity contribution in [2.75, 3.05) is 7.11 Å². The molecule has 0 saturated heterocycles. The Labute approximate surface area is 110 Å². The number of aromatic nitrogens is 2. The molecule has 0 radical (unpaired) electrons. The Morgan fingerprint density at radius 2 is 2.16 bits per heavy atom. The van der Waals surface area contributed by atoms with Crippen molar-refractivity contribution in [3.05, 3.63) is 54.4 Å². The first kappa shape index (κ1) is 11.5. The summed E-state index contributed by atoms with van der Waals surface area (Å²) in [5.41, 5.74) is 3.39. The Hall–Kier alpha value is -2.62. The molecule has 94 valence electrons. The van der Waals surface area contributed by atoms with E-state index in [1.54, 1.807) is 13.3 Å². The molecule has 0 spiro atoms. The van der Waals surface area contributed by atoms with Crippen LogP contribution in [-0.4, -0.2) is 22.8 Å². The maximum absolute atomic E-state index is 11.3. The molecular formula is C15H12N2O2. The van der Waals surface area contributed by atoms with E-state index < -0.39 is 0 Å². The molecule has 0 aliphatic carbocycles. The number of ether oxygens (including phenoxy) is 1. The number of methoxy groups -OCH3 is 1. The normalized spacial score (nSPS) is 10.6. The van der Waals surface area contributed by atoms with Crippen molar-refractivity contribution in [1.82, 2.24) is 9.38 Å². The SMILES string of the molecule is COc1cc(-c2c(C=O)cc3ccccn23)ccn1. The van der Waals surface area contributed by atoms with Crippen LogP contribution >= 0.6 is 0 Å². The largest absolute Gasteiger partial charge is 0.481 e. The number of hydrogen-bond acceptors (Lipinski definition) is 3. The third kappa shape index (κ3) is 1.87. The van der Waals surface area contributed by atoms with Crippen LogP contribution in [0.3, 0.4) is 0 Å². The third-order valence-corrected chi connectivity index (χ3v) is 3.05. The van der Waals surface area contributed by atoms with Crippen molar-refractivity contribution in [3.63, 3.8) is 0 Å². The van der Waals surface area contributed by atoms with Gasteiger partial charge in [0.25, 0.3) is 0 Å². The molecular weight excluding hydrogens is 240 g/mol. The number of carbonyl (C=O) groups excluding carboxylic acids is 1. The molecule has 3 aromatic rings. The van der Waals surface area contributed by atoms with Gasteiger partial charge in [-0.3, -0.25) is 4.79 Å². The molecule has 19 heavy (non-hydrogen) atoms. The van der Waals surface area contributed by atoms with Crippen LogP contribution in [0.1, 0.15) is 10.4 Å². The summed E-state index contributed by atoms with van der Waals surface area (Å²) in [5.74, 6) is 0.528. The van der Waals surface area contributed by atoms with Crippen LogP contribution in [0.4, 0.5) is 0 Å².